The molecule has 0 radical (unpaired) electrons. The van der Waals surface area contributed by atoms with Gasteiger partial charge in [-0.25, -0.2) is 0 Å². The molecule has 1 saturated heterocycles. The Kier molecular flexibility index (Phi) is 5.14. The first-order valence-corrected chi connectivity index (χ1v) is 9.73. The molecule has 3 aromatic rings. The number of hydrogen-bond donors (Lipinski definition) is 2. The van der Waals surface area contributed by atoms with E-state index < -0.39 is 0 Å². The maximum Gasteiger partial charge on any atom is 0.193 e. The number of aliphatic imine (C=N–C) groups is 1. The smallest absolute Gasteiger partial charge is 0.193 e. The number of fused-ring (bicyclic) bond motifs is 1. The first-order chi connectivity index (χ1) is 13.2. The number of likely N-dealkylation sites (tertiary alicyclic amines) is 1. The van der Waals surface area contributed by atoms with Crippen LogP contribution in [0.4, 0.5) is 0 Å². The molecule has 1 fully saturated rings. The molecule has 6 nitrogen and oxygen atoms in total. The van der Waals surface area contributed by atoms with Crippen LogP contribution in [0, 0.1) is 0 Å². The van der Waals surface area contributed by atoms with Gasteiger partial charge in [-0.1, -0.05) is 18.2 Å². The van der Waals surface area contributed by atoms with Crippen LogP contribution in [0.15, 0.2) is 47.8 Å². The van der Waals surface area contributed by atoms with E-state index in [0.717, 1.165) is 44.9 Å². The van der Waals surface area contributed by atoms with E-state index >= 15 is 0 Å². The van der Waals surface area contributed by atoms with Crippen molar-refractivity contribution < 1.29 is 0 Å². The zero-order valence-electron chi connectivity index (χ0n) is 16.2. The molecule has 1 aromatic carbocycles. The summed E-state index contributed by atoms with van der Waals surface area (Å²) in [5.41, 5.74) is 3.93. The van der Waals surface area contributed by atoms with Crippen molar-refractivity contribution in [2.24, 2.45) is 12.0 Å². The average molecular weight is 364 g/mol. The van der Waals surface area contributed by atoms with Crippen LogP contribution in [-0.4, -0.2) is 52.3 Å². The number of aryl methyl sites for hydroxylation is 2. The molecule has 6 heteroatoms. The highest BCUT2D eigenvalue weighted by molar-refractivity contribution is 5.83. The minimum Gasteiger partial charge on any atom is -0.361 e. The topological polar surface area (TPSA) is 61.2 Å². The van der Waals surface area contributed by atoms with Crippen molar-refractivity contribution in [1.82, 2.24) is 25.0 Å². The lowest BCUT2D eigenvalue weighted by Gasteiger charge is -2.21. The SMILES string of the molecule is CN=C(NCCCc1c[nH]c2ccccc12)N1CCC(c2cnn(C)c2)C1. The van der Waals surface area contributed by atoms with Gasteiger partial charge in [-0.2, -0.15) is 5.10 Å². The van der Waals surface area contributed by atoms with Crippen molar-refractivity contribution in [3.8, 4) is 0 Å². The lowest BCUT2D eigenvalue weighted by atomic mass is 10.0. The number of rotatable bonds is 5. The molecule has 1 unspecified atom stereocenters. The summed E-state index contributed by atoms with van der Waals surface area (Å²) < 4.78 is 1.88. The number of guanidine groups is 1. The minimum absolute atomic E-state index is 0.545. The maximum absolute atomic E-state index is 4.49. The molecule has 0 amide bonds. The Bertz CT molecular complexity index is 922. The van der Waals surface area contributed by atoms with E-state index in [1.54, 1.807) is 0 Å². The molecule has 0 aliphatic carbocycles. The number of para-hydroxylation sites is 1. The fourth-order valence-corrected chi connectivity index (χ4v) is 4.03. The van der Waals surface area contributed by atoms with Gasteiger partial charge in [0.25, 0.3) is 0 Å². The molecule has 4 rings (SSSR count). The van der Waals surface area contributed by atoms with Gasteiger partial charge in [0, 0.05) is 62.9 Å². The van der Waals surface area contributed by atoms with Gasteiger partial charge in [0.15, 0.2) is 5.96 Å². The van der Waals surface area contributed by atoms with E-state index in [1.165, 1.54) is 22.0 Å². The first kappa shape index (κ1) is 17.6. The average Bonchev–Trinajstić information content (AvgIpc) is 3.41. The van der Waals surface area contributed by atoms with E-state index in [1.807, 2.05) is 25.0 Å². The van der Waals surface area contributed by atoms with Crippen molar-refractivity contribution >= 4 is 16.9 Å². The lowest BCUT2D eigenvalue weighted by molar-refractivity contribution is 0.485. The Morgan fingerprint density at radius 3 is 3.07 bits per heavy atom. The molecule has 2 N–H and O–H groups in total. The van der Waals surface area contributed by atoms with Crippen LogP contribution in [0.25, 0.3) is 10.9 Å². The third-order valence-corrected chi connectivity index (χ3v) is 5.48. The second-order valence-electron chi connectivity index (χ2n) is 7.32. The van der Waals surface area contributed by atoms with Gasteiger partial charge < -0.3 is 15.2 Å². The van der Waals surface area contributed by atoms with Crippen LogP contribution in [0.1, 0.15) is 29.9 Å². The molecule has 27 heavy (non-hydrogen) atoms. The molecule has 0 spiro atoms. The Labute approximate surface area is 160 Å². The molecule has 2 aromatic heterocycles. The molecule has 1 aliphatic heterocycles. The minimum atomic E-state index is 0.545. The summed E-state index contributed by atoms with van der Waals surface area (Å²) in [5, 5.41) is 9.19. The zero-order valence-corrected chi connectivity index (χ0v) is 16.2. The van der Waals surface area contributed by atoms with Gasteiger partial charge in [0.1, 0.15) is 0 Å². The quantitative estimate of drug-likeness (QED) is 0.416. The van der Waals surface area contributed by atoms with Gasteiger partial charge in [0.2, 0.25) is 0 Å². The standard InChI is InChI=1S/C21H28N6/c1-22-21(27-11-9-17(15-27)18-13-25-26(2)14-18)23-10-5-6-16-12-24-20-8-4-3-7-19(16)20/h3-4,7-8,12-14,17,24H,5-6,9-11,15H2,1-2H3,(H,22,23). The summed E-state index contributed by atoms with van der Waals surface area (Å²) in [6.45, 7) is 2.98. The van der Waals surface area contributed by atoms with Crippen LogP contribution in [0.3, 0.4) is 0 Å². The van der Waals surface area contributed by atoms with Crippen molar-refractivity contribution in [1.29, 1.82) is 0 Å². The molecule has 0 saturated carbocycles. The van der Waals surface area contributed by atoms with Crippen LogP contribution in [0.2, 0.25) is 0 Å². The number of nitrogens with one attached hydrogen (secondary N) is 2. The molecule has 0 bridgehead atoms. The lowest BCUT2D eigenvalue weighted by Crippen LogP contribution is -2.40. The fourth-order valence-electron chi connectivity index (χ4n) is 4.03. The molecular weight excluding hydrogens is 336 g/mol. The third kappa shape index (κ3) is 3.84. The van der Waals surface area contributed by atoms with E-state index in [-0.39, 0.29) is 0 Å². The Hall–Kier alpha value is -2.76. The van der Waals surface area contributed by atoms with Crippen LogP contribution < -0.4 is 5.32 Å². The summed E-state index contributed by atoms with van der Waals surface area (Å²) >= 11 is 0. The van der Waals surface area contributed by atoms with Crippen molar-refractivity contribution in [3.63, 3.8) is 0 Å². The Balaban J connectivity index is 1.27. The van der Waals surface area contributed by atoms with Crippen molar-refractivity contribution in [2.45, 2.75) is 25.2 Å². The highest BCUT2D eigenvalue weighted by atomic mass is 15.3. The summed E-state index contributed by atoms with van der Waals surface area (Å²) in [6.07, 6.45) is 9.56. The van der Waals surface area contributed by atoms with Gasteiger partial charge in [-0.15, -0.1) is 0 Å². The molecule has 3 heterocycles. The van der Waals surface area contributed by atoms with Gasteiger partial charge >= 0.3 is 0 Å². The number of aromatic amines is 1. The van der Waals surface area contributed by atoms with Crippen LogP contribution in [-0.2, 0) is 13.5 Å². The number of nitrogens with zero attached hydrogens (tertiary/aromatic N) is 4. The molecular formula is C21H28N6. The van der Waals surface area contributed by atoms with E-state index in [9.17, 15) is 0 Å². The molecule has 1 atom stereocenters. The van der Waals surface area contributed by atoms with Gasteiger partial charge in [-0.3, -0.25) is 9.67 Å². The normalized spacial score (nSPS) is 17.8. The Morgan fingerprint density at radius 2 is 2.26 bits per heavy atom. The first-order valence-electron chi connectivity index (χ1n) is 9.73. The summed E-state index contributed by atoms with van der Waals surface area (Å²) in [5.74, 6) is 1.56. The van der Waals surface area contributed by atoms with Crippen LogP contribution >= 0.6 is 0 Å². The van der Waals surface area contributed by atoms with Gasteiger partial charge in [-0.05, 0) is 36.5 Å². The van der Waals surface area contributed by atoms with E-state index in [0.29, 0.717) is 5.92 Å². The van der Waals surface area contributed by atoms with Crippen molar-refractivity contribution in [2.75, 3.05) is 26.7 Å². The predicted molar refractivity (Wildman–Crippen MR) is 110 cm³/mol. The second kappa shape index (κ2) is 7.86. The summed E-state index contributed by atoms with van der Waals surface area (Å²) in [4.78, 5) is 10.2. The largest absolute Gasteiger partial charge is 0.361 e. The molecule has 142 valence electrons. The van der Waals surface area contributed by atoms with Crippen LogP contribution in [0.5, 0.6) is 0 Å². The highest BCUT2D eigenvalue weighted by Crippen LogP contribution is 2.26. The number of aromatic nitrogens is 3. The summed E-state index contributed by atoms with van der Waals surface area (Å²) in [7, 11) is 3.85. The summed E-state index contributed by atoms with van der Waals surface area (Å²) in [6, 6.07) is 8.50. The Morgan fingerprint density at radius 1 is 1.37 bits per heavy atom. The zero-order chi connectivity index (χ0) is 18.6. The highest BCUT2D eigenvalue weighted by Gasteiger charge is 2.26. The van der Waals surface area contributed by atoms with E-state index in [4.69, 9.17) is 0 Å². The second-order valence-corrected chi connectivity index (χ2v) is 7.32. The monoisotopic (exact) mass is 364 g/mol. The number of H-pyrrole nitrogens is 1. The fraction of sp³-hybridized carbons (Fsp3) is 0.429. The maximum atomic E-state index is 4.49. The van der Waals surface area contributed by atoms with E-state index in [2.05, 4.69) is 62.0 Å². The third-order valence-electron chi connectivity index (χ3n) is 5.48. The number of benzene rings is 1. The van der Waals surface area contributed by atoms with Gasteiger partial charge in [0.05, 0.1) is 6.20 Å². The predicted octanol–water partition coefficient (Wildman–Crippen LogP) is 2.90. The molecule has 1 aliphatic rings. The number of hydrogen-bond acceptors (Lipinski definition) is 2. The van der Waals surface area contributed by atoms with Crippen molar-refractivity contribution in [3.05, 3.63) is 54.0 Å².